The fraction of sp³-hybridized carbons (Fsp3) is 0.800. The van der Waals surface area contributed by atoms with E-state index in [1.165, 1.54) is 32.1 Å². The lowest BCUT2D eigenvalue weighted by Crippen LogP contribution is -2.17. The van der Waals surface area contributed by atoms with E-state index in [4.69, 9.17) is 0 Å². The zero-order valence-corrected chi connectivity index (χ0v) is 9.11. The van der Waals surface area contributed by atoms with E-state index in [0.29, 0.717) is 0 Å². The van der Waals surface area contributed by atoms with E-state index in [-0.39, 0.29) is 0 Å². The van der Waals surface area contributed by atoms with Crippen molar-refractivity contribution in [2.45, 2.75) is 51.7 Å². The van der Waals surface area contributed by atoms with Gasteiger partial charge in [0.1, 0.15) is 0 Å². The van der Waals surface area contributed by atoms with Crippen LogP contribution in [0, 0.1) is 0 Å². The van der Waals surface area contributed by atoms with Gasteiger partial charge in [-0.05, 0) is 25.7 Å². The third-order valence-corrected chi connectivity index (χ3v) is 3.41. The van der Waals surface area contributed by atoms with Gasteiger partial charge in [-0.25, -0.2) is 0 Å². The molecule has 11 heavy (non-hydrogen) atoms. The minimum absolute atomic E-state index is 0.907. The summed E-state index contributed by atoms with van der Waals surface area (Å²) < 4.78 is 0. The maximum atomic E-state index is 2.60. The molecular weight excluding hydrogens is 148 g/mol. The van der Waals surface area contributed by atoms with Crippen molar-refractivity contribution in [3.63, 3.8) is 0 Å². The van der Waals surface area contributed by atoms with Crippen LogP contribution in [0.25, 0.3) is 0 Å². The quantitative estimate of drug-likeness (QED) is 0.523. The molecule has 0 aromatic rings. The largest absolute Gasteiger partial charge is 0.0958 e. The molecule has 0 N–H and O–H groups in total. The molecule has 0 aliphatic heterocycles. The third-order valence-electron chi connectivity index (χ3n) is 2.13. The molecule has 64 valence electrons. The molecule has 1 rings (SSSR count). The molecule has 0 amide bonds. The van der Waals surface area contributed by atoms with E-state index in [1.807, 2.05) is 0 Å². The Balaban J connectivity index is 2.50. The van der Waals surface area contributed by atoms with Crippen LogP contribution in [-0.2, 0) is 0 Å². The Morgan fingerprint density at radius 3 is 2.00 bits per heavy atom. The van der Waals surface area contributed by atoms with Crippen molar-refractivity contribution in [1.82, 2.24) is 0 Å². The predicted octanol–water partition coefficient (Wildman–Crippen LogP) is 3.75. The maximum Gasteiger partial charge on any atom is 0.0686 e. The van der Waals surface area contributed by atoms with Gasteiger partial charge < -0.3 is 0 Å². The Morgan fingerprint density at radius 2 is 1.55 bits per heavy atom. The molecule has 0 nitrogen and oxygen atoms in total. The van der Waals surface area contributed by atoms with Crippen molar-refractivity contribution in [3.8, 4) is 0 Å². The van der Waals surface area contributed by atoms with Crippen LogP contribution in [-0.4, -0.2) is 8.07 Å². The lowest BCUT2D eigenvalue weighted by atomic mass is 9.96. The molecule has 0 bridgehead atoms. The molecule has 0 unspecified atom stereocenters. The average molecular weight is 168 g/mol. The predicted molar refractivity (Wildman–Crippen MR) is 54.5 cm³/mol. The van der Waals surface area contributed by atoms with E-state index < -0.39 is 8.07 Å². The highest BCUT2D eigenvalue weighted by atomic mass is 28.3. The van der Waals surface area contributed by atoms with Gasteiger partial charge >= 0.3 is 0 Å². The maximum absolute atomic E-state index is 2.60. The first-order valence-electron chi connectivity index (χ1n) is 4.78. The van der Waals surface area contributed by atoms with Crippen molar-refractivity contribution in [2.75, 3.05) is 0 Å². The fourth-order valence-electron chi connectivity index (χ4n) is 1.76. The zero-order valence-electron chi connectivity index (χ0n) is 8.11. The first-order valence-corrected chi connectivity index (χ1v) is 8.36. The summed E-state index contributed by atoms with van der Waals surface area (Å²) in [5.41, 5.74) is 4.36. The standard InChI is InChI=1S/C10H20Si/c1-11(2,3)9-10-7-5-4-6-8-10/h9H,4-8H2,1-3H3. The van der Waals surface area contributed by atoms with Crippen molar-refractivity contribution >= 4 is 8.07 Å². The Kier molecular flexibility index (Phi) is 2.94. The van der Waals surface area contributed by atoms with Crippen LogP contribution in [0.3, 0.4) is 0 Å². The number of hydrogen-bond donors (Lipinski definition) is 0. The monoisotopic (exact) mass is 168 g/mol. The number of hydrogen-bond acceptors (Lipinski definition) is 0. The van der Waals surface area contributed by atoms with Crippen LogP contribution in [0.4, 0.5) is 0 Å². The van der Waals surface area contributed by atoms with Crippen molar-refractivity contribution < 1.29 is 0 Å². The van der Waals surface area contributed by atoms with Crippen molar-refractivity contribution in [1.29, 1.82) is 0 Å². The molecule has 0 atom stereocenters. The van der Waals surface area contributed by atoms with Crippen LogP contribution in [0.15, 0.2) is 11.3 Å². The van der Waals surface area contributed by atoms with Crippen molar-refractivity contribution in [2.24, 2.45) is 0 Å². The van der Waals surface area contributed by atoms with Gasteiger partial charge in [0.15, 0.2) is 0 Å². The summed E-state index contributed by atoms with van der Waals surface area (Å²) in [6, 6.07) is 0. The molecule has 0 saturated heterocycles. The second-order valence-corrected chi connectivity index (χ2v) is 9.75. The number of allylic oxidation sites excluding steroid dienone is 1. The SMILES string of the molecule is C[Si](C)(C)C=C1CCCCC1. The van der Waals surface area contributed by atoms with Crippen LogP contribution in [0.5, 0.6) is 0 Å². The molecular formula is C10H20Si. The Hall–Kier alpha value is -0.0431. The van der Waals surface area contributed by atoms with Gasteiger partial charge in [-0.2, -0.15) is 0 Å². The highest BCUT2D eigenvalue weighted by Gasteiger charge is 2.12. The minimum atomic E-state index is -0.907. The molecule has 0 radical (unpaired) electrons. The minimum Gasteiger partial charge on any atom is -0.0958 e. The summed E-state index contributed by atoms with van der Waals surface area (Å²) in [5, 5.41) is 0. The second-order valence-electron chi connectivity index (χ2n) is 4.73. The van der Waals surface area contributed by atoms with Crippen LogP contribution in [0.1, 0.15) is 32.1 Å². The summed E-state index contributed by atoms with van der Waals surface area (Å²) >= 11 is 0. The first kappa shape index (κ1) is 9.05. The normalized spacial score (nSPS) is 20.1. The van der Waals surface area contributed by atoms with Gasteiger partial charge in [-0.1, -0.05) is 37.3 Å². The molecule has 1 heteroatoms. The smallest absolute Gasteiger partial charge is 0.0686 e. The lowest BCUT2D eigenvalue weighted by Gasteiger charge is -2.18. The number of rotatable bonds is 1. The van der Waals surface area contributed by atoms with E-state index >= 15 is 0 Å². The van der Waals surface area contributed by atoms with Crippen LogP contribution in [0.2, 0.25) is 19.6 Å². The lowest BCUT2D eigenvalue weighted by molar-refractivity contribution is 0.600. The molecule has 0 heterocycles. The van der Waals surface area contributed by atoms with E-state index in [9.17, 15) is 0 Å². The van der Waals surface area contributed by atoms with E-state index in [0.717, 1.165) is 0 Å². The molecule has 1 aliphatic rings. The molecule has 0 aromatic heterocycles. The summed E-state index contributed by atoms with van der Waals surface area (Å²) in [6.45, 7) is 7.28. The van der Waals surface area contributed by atoms with Gasteiger partial charge in [0, 0.05) is 0 Å². The summed E-state index contributed by atoms with van der Waals surface area (Å²) in [4.78, 5) is 0. The first-order chi connectivity index (χ1) is 5.08. The summed E-state index contributed by atoms with van der Waals surface area (Å²) in [7, 11) is -0.907. The van der Waals surface area contributed by atoms with Crippen LogP contribution >= 0.6 is 0 Å². The molecule has 1 aliphatic carbocycles. The Morgan fingerprint density at radius 1 is 1.00 bits per heavy atom. The van der Waals surface area contributed by atoms with E-state index in [1.54, 1.807) is 5.57 Å². The third kappa shape index (κ3) is 3.75. The van der Waals surface area contributed by atoms with Crippen LogP contribution < -0.4 is 0 Å². The second kappa shape index (κ2) is 3.57. The molecule has 0 spiro atoms. The summed E-state index contributed by atoms with van der Waals surface area (Å²) in [5.74, 6) is 0. The Labute approximate surface area is 71.7 Å². The van der Waals surface area contributed by atoms with Crippen molar-refractivity contribution in [3.05, 3.63) is 11.3 Å². The fourth-order valence-corrected chi connectivity index (χ4v) is 3.28. The topological polar surface area (TPSA) is 0 Å². The van der Waals surface area contributed by atoms with Gasteiger partial charge in [0.2, 0.25) is 0 Å². The summed E-state index contributed by atoms with van der Waals surface area (Å²) in [6.07, 6.45) is 7.13. The van der Waals surface area contributed by atoms with Gasteiger partial charge in [0.05, 0.1) is 8.07 Å². The van der Waals surface area contributed by atoms with Gasteiger partial charge in [-0.3, -0.25) is 0 Å². The molecule has 0 aromatic carbocycles. The zero-order chi connectivity index (χ0) is 8.32. The molecule has 1 fully saturated rings. The Bertz CT molecular complexity index is 143. The average Bonchev–Trinajstić information content (AvgIpc) is 1.85. The van der Waals surface area contributed by atoms with E-state index in [2.05, 4.69) is 25.3 Å². The highest BCUT2D eigenvalue weighted by Crippen LogP contribution is 2.24. The highest BCUT2D eigenvalue weighted by molar-refractivity contribution is 6.81. The van der Waals surface area contributed by atoms with Gasteiger partial charge in [0.25, 0.3) is 0 Å². The molecule has 1 saturated carbocycles. The van der Waals surface area contributed by atoms with Gasteiger partial charge in [-0.15, -0.1) is 0 Å².